The molecule has 0 radical (unpaired) electrons. The summed E-state index contributed by atoms with van der Waals surface area (Å²) in [5.41, 5.74) is -0.0156. The monoisotopic (exact) mass is 265 g/mol. The highest BCUT2D eigenvalue weighted by molar-refractivity contribution is 9.11. The number of rotatable bonds is 0. The lowest BCUT2D eigenvalue weighted by Gasteiger charge is -1.97. The molecule has 1 rings (SSSR count). The molecule has 0 aliphatic rings. The summed E-state index contributed by atoms with van der Waals surface area (Å²) in [7, 11) is 1.86. The van der Waals surface area contributed by atoms with E-state index in [0.717, 1.165) is 0 Å². The molecule has 0 fully saturated rings. The highest BCUT2D eigenvalue weighted by atomic mass is 79.9. The van der Waals surface area contributed by atoms with Gasteiger partial charge in [-0.3, -0.25) is 4.79 Å². The molecule has 0 atom stereocenters. The van der Waals surface area contributed by atoms with Crippen molar-refractivity contribution in [1.29, 1.82) is 0 Å². The van der Waals surface area contributed by atoms with E-state index in [2.05, 4.69) is 31.9 Å². The smallest absolute Gasteiger partial charge is 0.209 e. The Hall–Kier alpha value is -0.0900. The van der Waals surface area contributed by atoms with Crippen molar-refractivity contribution in [2.24, 2.45) is 7.05 Å². The van der Waals surface area contributed by atoms with Crippen LogP contribution >= 0.6 is 31.9 Å². The summed E-state index contributed by atoms with van der Waals surface area (Å²) in [6, 6.07) is 0. The zero-order chi connectivity index (χ0) is 7.72. The van der Waals surface area contributed by atoms with E-state index < -0.39 is 0 Å². The van der Waals surface area contributed by atoms with E-state index in [9.17, 15) is 4.79 Å². The van der Waals surface area contributed by atoms with E-state index in [-0.39, 0.29) is 5.43 Å². The van der Waals surface area contributed by atoms with Gasteiger partial charge in [0.15, 0.2) is 0 Å². The van der Waals surface area contributed by atoms with Gasteiger partial charge in [0.2, 0.25) is 5.43 Å². The van der Waals surface area contributed by atoms with Gasteiger partial charge in [-0.25, -0.2) is 0 Å². The summed E-state index contributed by atoms with van der Waals surface area (Å²) in [5, 5.41) is 0. The van der Waals surface area contributed by atoms with E-state index in [1.807, 2.05) is 7.05 Å². The SMILES string of the molecule is Cn1cc(Br)c(=O)c(Br)c1. The van der Waals surface area contributed by atoms with Crippen LogP contribution in [0.3, 0.4) is 0 Å². The van der Waals surface area contributed by atoms with Gasteiger partial charge < -0.3 is 4.57 Å². The van der Waals surface area contributed by atoms with Crippen LogP contribution in [0.1, 0.15) is 0 Å². The molecule has 1 aromatic heterocycles. The van der Waals surface area contributed by atoms with Gasteiger partial charge in [-0.1, -0.05) is 0 Å². The summed E-state index contributed by atoms with van der Waals surface area (Å²) in [5.74, 6) is 0. The van der Waals surface area contributed by atoms with Gasteiger partial charge >= 0.3 is 0 Å². The van der Waals surface area contributed by atoms with Crippen molar-refractivity contribution in [3.63, 3.8) is 0 Å². The van der Waals surface area contributed by atoms with Crippen LogP contribution in [0.4, 0.5) is 0 Å². The lowest BCUT2D eigenvalue weighted by molar-refractivity contribution is 0.888. The zero-order valence-corrected chi connectivity index (χ0v) is 8.44. The molecule has 0 N–H and O–H groups in total. The molecule has 54 valence electrons. The molecule has 0 unspecified atom stereocenters. The number of aryl methyl sites for hydroxylation is 1. The van der Waals surface area contributed by atoms with Gasteiger partial charge in [-0.15, -0.1) is 0 Å². The van der Waals surface area contributed by atoms with E-state index in [1.165, 1.54) is 0 Å². The lowest BCUT2D eigenvalue weighted by Crippen LogP contribution is -2.06. The Labute approximate surface area is 75.1 Å². The molecule has 10 heavy (non-hydrogen) atoms. The number of pyridine rings is 1. The molecule has 0 aliphatic carbocycles. The number of halogens is 2. The predicted molar refractivity (Wildman–Crippen MR) is 47.1 cm³/mol. The van der Waals surface area contributed by atoms with Crippen molar-refractivity contribution >= 4 is 31.9 Å². The van der Waals surface area contributed by atoms with Crippen LogP contribution in [0.15, 0.2) is 26.1 Å². The summed E-state index contributed by atoms with van der Waals surface area (Å²) in [6.07, 6.45) is 3.43. The second-order valence-electron chi connectivity index (χ2n) is 1.95. The number of aromatic nitrogens is 1. The summed E-state index contributed by atoms with van der Waals surface area (Å²) < 4.78 is 2.95. The van der Waals surface area contributed by atoms with Gasteiger partial charge in [0, 0.05) is 19.4 Å². The number of nitrogens with zero attached hydrogens (tertiary/aromatic N) is 1. The maximum absolute atomic E-state index is 11.0. The highest BCUT2D eigenvalue weighted by Gasteiger charge is 1.98. The van der Waals surface area contributed by atoms with E-state index in [0.29, 0.717) is 8.95 Å². The largest absolute Gasteiger partial charge is 0.355 e. The first-order valence-corrected chi connectivity index (χ1v) is 4.21. The first-order valence-electron chi connectivity index (χ1n) is 2.62. The second kappa shape index (κ2) is 2.88. The van der Waals surface area contributed by atoms with Crippen LogP contribution in [0.5, 0.6) is 0 Å². The van der Waals surface area contributed by atoms with Crippen LogP contribution in [0.25, 0.3) is 0 Å². The zero-order valence-electron chi connectivity index (χ0n) is 5.27. The van der Waals surface area contributed by atoms with E-state index >= 15 is 0 Å². The fourth-order valence-electron chi connectivity index (χ4n) is 0.626. The molecule has 0 aliphatic heterocycles. The number of hydrogen-bond acceptors (Lipinski definition) is 1. The summed E-state index contributed by atoms with van der Waals surface area (Å²) in [6.45, 7) is 0. The molecular weight excluding hydrogens is 262 g/mol. The molecule has 1 aromatic rings. The third-order valence-corrected chi connectivity index (χ3v) is 2.20. The molecular formula is C6H5Br2NO. The van der Waals surface area contributed by atoms with E-state index in [4.69, 9.17) is 0 Å². The Morgan fingerprint density at radius 3 is 2.10 bits per heavy atom. The van der Waals surface area contributed by atoms with Crippen molar-refractivity contribution in [2.45, 2.75) is 0 Å². The van der Waals surface area contributed by atoms with Crippen molar-refractivity contribution in [3.8, 4) is 0 Å². The average Bonchev–Trinajstić information content (AvgIpc) is 1.82. The maximum Gasteiger partial charge on any atom is 0.209 e. The first-order chi connectivity index (χ1) is 4.61. The van der Waals surface area contributed by atoms with E-state index in [1.54, 1.807) is 17.0 Å². The minimum absolute atomic E-state index is 0.0156. The van der Waals surface area contributed by atoms with Gasteiger partial charge in [-0.2, -0.15) is 0 Å². The molecule has 0 aromatic carbocycles. The Balaban J connectivity index is 3.46. The maximum atomic E-state index is 11.0. The second-order valence-corrected chi connectivity index (χ2v) is 3.66. The van der Waals surface area contributed by atoms with Gasteiger partial charge in [0.25, 0.3) is 0 Å². The van der Waals surface area contributed by atoms with Crippen LogP contribution in [-0.4, -0.2) is 4.57 Å². The average molecular weight is 267 g/mol. The first kappa shape index (κ1) is 8.01. The molecule has 0 saturated heterocycles. The van der Waals surface area contributed by atoms with Crippen LogP contribution in [-0.2, 0) is 7.05 Å². The predicted octanol–water partition coefficient (Wildman–Crippen LogP) is 1.91. The van der Waals surface area contributed by atoms with Crippen molar-refractivity contribution < 1.29 is 0 Å². The Morgan fingerprint density at radius 2 is 1.70 bits per heavy atom. The fraction of sp³-hybridized carbons (Fsp3) is 0.167. The Morgan fingerprint density at radius 1 is 1.30 bits per heavy atom. The minimum Gasteiger partial charge on any atom is -0.355 e. The van der Waals surface area contributed by atoms with Crippen LogP contribution in [0, 0.1) is 0 Å². The normalized spacial score (nSPS) is 9.90. The minimum atomic E-state index is -0.0156. The van der Waals surface area contributed by atoms with Crippen molar-refractivity contribution in [1.82, 2.24) is 4.57 Å². The Bertz CT molecular complexity index is 279. The fourth-order valence-corrected chi connectivity index (χ4v) is 1.97. The molecule has 0 amide bonds. The molecule has 1 heterocycles. The molecule has 0 spiro atoms. The Kier molecular flexibility index (Phi) is 2.31. The molecule has 0 saturated carbocycles. The van der Waals surface area contributed by atoms with Gasteiger partial charge in [0.1, 0.15) is 0 Å². The standard InChI is InChI=1S/C6H5Br2NO/c1-9-2-4(7)6(10)5(8)3-9/h2-3H,1H3. The van der Waals surface area contributed by atoms with Gasteiger partial charge in [-0.05, 0) is 31.9 Å². The summed E-state index contributed by atoms with van der Waals surface area (Å²) in [4.78, 5) is 11.0. The molecule has 0 bridgehead atoms. The topological polar surface area (TPSA) is 22.0 Å². The third kappa shape index (κ3) is 1.49. The lowest BCUT2D eigenvalue weighted by atomic mass is 10.5. The highest BCUT2D eigenvalue weighted by Crippen LogP contribution is 2.07. The number of hydrogen-bond donors (Lipinski definition) is 0. The summed E-state index contributed by atoms with van der Waals surface area (Å²) >= 11 is 6.27. The van der Waals surface area contributed by atoms with Crippen LogP contribution in [0.2, 0.25) is 0 Å². The van der Waals surface area contributed by atoms with Crippen molar-refractivity contribution in [2.75, 3.05) is 0 Å². The molecule has 2 nitrogen and oxygen atoms in total. The molecule has 4 heteroatoms. The van der Waals surface area contributed by atoms with Crippen LogP contribution < -0.4 is 5.43 Å². The quantitative estimate of drug-likeness (QED) is 0.703. The van der Waals surface area contributed by atoms with Gasteiger partial charge in [0.05, 0.1) is 8.95 Å². The third-order valence-electron chi connectivity index (χ3n) is 1.07. The van der Waals surface area contributed by atoms with Crippen molar-refractivity contribution in [3.05, 3.63) is 31.6 Å².